The van der Waals surface area contributed by atoms with E-state index in [0.29, 0.717) is 64.7 Å². The summed E-state index contributed by atoms with van der Waals surface area (Å²) in [6.07, 6.45) is 3.21. The maximum atomic E-state index is 13.9. The molecule has 2 aromatic rings. The van der Waals surface area contributed by atoms with Crippen molar-refractivity contribution in [3.05, 3.63) is 61.9 Å². The van der Waals surface area contributed by atoms with Gasteiger partial charge in [-0.1, -0.05) is 22.0 Å². The maximum absolute atomic E-state index is 13.9. The number of halogens is 2. The molecule has 0 spiro atoms. The molecule has 1 unspecified atom stereocenters. The Bertz CT molecular complexity index is 1240. The lowest BCUT2D eigenvalue weighted by Gasteiger charge is -2.49. The first-order valence-corrected chi connectivity index (χ1v) is 13.6. The molecule has 0 amide bonds. The van der Waals surface area contributed by atoms with E-state index >= 15 is 0 Å². The predicted molar refractivity (Wildman–Crippen MR) is 138 cm³/mol. The number of benzene rings is 1. The molecule has 3 aliphatic rings. The van der Waals surface area contributed by atoms with Crippen molar-refractivity contribution in [1.29, 1.82) is 0 Å². The number of fused-ring (bicyclic) bond motifs is 2. The van der Waals surface area contributed by atoms with Crippen molar-refractivity contribution in [2.24, 2.45) is 10.9 Å². The summed E-state index contributed by atoms with van der Waals surface area (Å²) in [4.78, 5) is 36.1. The van der Waals surface area contributed by atoms with Gasteiger partial charge in [-0.3, -0.25) is 14.7 Å². The number of esters is 1. The lowest BCUT2D eigenvalue weighted by Crippen LogP contribution is -2.58. The summed E-state index contributed by atoms with van der Waals surface area (Å²) in [5.41, 5.74) is 1.59. The number of aromatic nitrogens is 1. The van der Waals surface area contributed by atoms with Gasteiger partial charge < -0.3 is 19.9 Å². The molecule has 4 heterocycles. The van der Waals surface area contributed by atoms with Crippen molar-refractivity contribution in [2.45, 2.75) is 37.4 Å². The average Bonchev–Trinajstić information content (AvgIpc) is 3.38. The monoisotopic (exact) mass is 592 g/mol. The smallest absolute Gasteiger partial charge is 0.338 e. The molecule has 2 N–H and O–H groups in total. The minimum Gasteiger partial charge on any atom is -0.481 e. The lowest BCUT2D eigenvalue weighted by molar-refractivity contribution is -0.141. The third kappa shape index (κ3) is 5.47. The highest BCUT2D eigenvalue weighted by Gasteiger charge is 2.42. The van der Waals surface area contributed by atoms with Crippen LogP contribution in [0.2, 0.25) is 0 Å². The van der Waals surface area contributed by atoms with Crippen molar-refractivity contribution in [1.82, 2.24) is 15.2 Å². The van der Waals surface area contributed by atoms with E-state index in [4.69, 9.17) is 14.5 Å². The number of aliphatic imine (C=N–C) groups is 1. The Balaban J connectivity index is 1.55. The van der Waals surface area contributed by atoms with Gasteiger partial charge in [0.1, 0.15) is 11.9 Å². The topological polar surface area (TPSA) is 113 Å². The first-order valence-electron chi connectivity index (χ1n) is 11.9. The number of hydrogen-bond acceptors (Lipinski definition) is 9. The average molecular weight is 593 g/mol. The van der Waals surface area contributed by atoms with Crippen molar-refractivity contribution in [3.63, 3.8) is 0 Å². The molecule has 9 nitrogen and oxygen atoms in total. The molecule has 1 aromatic heterocycles. The van der Waals surface area contributed by atoms with E-state index in [1.165, 1.54) is 30.6 Å². The third-order valence-corrected chi connectivity index (χ3v) is 8.46. The van der Waals surface area contributed by atoms with Crippen LogP contribution in [0, 0.1) is 11.7 Å². The van der Waals surface area contributed by atoms with E-state index in [0.717, 1.165) is 0 Å². The Morgan fingerprint density at radius 1 is 1.32 bits per heavy atom. The highest BCUT2D eigenvalue weighted by molar-refractivity contribution is 9.10. The zero-order valence-corrected chi connectivity index (χ0v) is 22.4. The molecule has 4 atom stereocenters. The number of hydrogen-bond donors (Lipinski definition) is 2. The van der Waals surface area contributed by atoms with Gasteiger partial charge in [-0.2, -0.15) is 0 Å². The van der Waals surface area contributed by atoms with Crippen molar-refractivity contribution >= 4 is 45.0 Å². The molecule has 3 aliphatic heterocycles. The molecule has 1 aromatic carbocycles. The Morgan fingerprint density at radius 3 is 2.70 bits per heavy atom. The molecule has 0 saturated carbocycles. The number of rotatable bonds is 7. The minimum absolute atomic E-state index is 0.0169. The molecular weight excluding hydrogens is 567 g/mol. The standard InChI is InChI=1S/C25H26BrFN4O5S/c1-35-25(34)21-19(10-31-15-6-13(8-20(32)33)7-16(31)12-36-11-15)29-23(24-28-4-5-37-24)30-22(21)17-3-2-14(27)9-18(17)26/h2-5,9,13,15-16,22H,6-8,10-12H2,1H3,(H,29,30)(H,32,33)/t13?,15-,16+,22-/m0/s1. The number of thiazole rings is 1. The van der Waals surface area contributed by atoms with Crippen LogP contribution in [0.25, 0.3) is 0 Å². The second kappa shape index (κ2) is 11.0. The van der Waals surface area contributed by atoms with Gasteiger partial charge >= 0.3 is 11.9 Å². The number of morpholine rings is 1. The molecule has 196 valence electrons. The summed E-state index contributed by atoms with van der Waals surface area (Å²) in [6.45, 7) is 1.38. The second-order valence-electron chi connectivity index (χ2n) is 9.34. The summed E-state index contributed by atoms with van der Waals surface area (Å²) in [5.74, 6) is -1.14. The van der Waals surface area contributed by atoms with Crippen LogP contribution in [0.1, 0.15) is 35.9 Å². The first-order chi connectivity index (χ1) is 17.8. The van der Waals surface area contributed by atoms with Crippen LogP contribution in [-0.2, 0) is 19.1 Å². The number of carboxylic acid groups (broad SMARTS) is 1. The molecule has 5 rings (SSSR count). The van der Waals surface area contributed by atoms with Crippen molar-refractivity contribution in [3.8, 4) is 0 Å². The number of methoxy groups -OCH3 is 1. The molecular formula is C25H26BrFN4O5S. The zero-order valence-electron chi connectivity index (χ0n) is 20.0. The number of amidine groups is 1. The highest BCUT2D eigenvalue weighted by Crippen LogP contribution is 2.39. The van der Waals surface area contributed by atoms with Crippen LogP contribution >= 0.6 is 27.3 Å². The summed E-state index contributed by atoms with van der Waals surface area (Å²) >= 11 is 4.86. The lowest BCUT2D eigenvalue weighted by atomic mass is 9.82. The summed E-state index contributed by atoms with van der Waals surface area (Å²) in [7, 11) is 1.32. The summed E-state index contributed by atoms with van der Waals surface area (Å²) in [5, 5.41) is 15.2. The van der Waals surface area contributed by atoms with Gasteiger partial charge in [0.15, 0.2) is 10.8 Å². The van der Waals surface area contributed by atoms with Crippen LogP contribution in [0.15, 0.2) is 50.5 Å². The Hall–Kier alpha value is -2.67. The number of nitrogens with zero attached hydrogens (tertiary/aromatic N) is 3. The Morgan fingerprint density at radius 2 is 2.08 bits per heavy atom. The van der Waals surface area contributed by atoms with E-state index in [1.807, 2.05) is 5.38 Å². The largest absolute Gasteiger partial charge is 0.481 e. The molecule has 2 bridgehead atoms. The van der Waals surface area contributed by atoms with Gasteiger partial charge in [0.2, 0.25) is 0 Å². The Kier molecular flexibility index (Phi) is 7.70. The molecule has 12 heteroatoms. The van der Waals surface area contributed by atoms with E-state index in [2.05, 4.69) is 31.1 Å². The third-order valence-electron chi connectivity index (χ3n) is 7.00. The van der Waals surface area contributed by atoms with Crippen LogP contribution < -0.4 is 5.32 Å². The van der Waals surface area contributed by atoms with Gasteiger partial charge in [-0.25, -0.2) is 14.2 Å². The number of carbonyl (C=O) groups is 2. The van der Waals surface area contributed by atoms with E-state index < -0.39 is 23.8 Å². The second-order valence-corrected chi connectivity index (χ2v) is 11.1. The number of carboxylic acids is 1. The van der Waals surface area contributed by atoms with E-state index in [9.17, 15) is 19.1 Å². The minimum atomic E-state index is -0.793. The predicted octanol–water partition coefficient (Wildman–Crippen LogP) is 3.52. The Labute approximate surface area is 225 Å². The van der Waals surface area contributed by atoms with Crippen LogP contribution in [0.4, 0.5) is 4.39 Å². The van der Waals surface area contributed by atoms with Gasteiger partial charge in [0.25, 0.3) is 0 Å². The zero-order chi connectivity index (χ0) is 26.1. The van der Waals surface area contributed by atoms with E-state index in [-0.39, 0.29) is 24.4 Å². The molecule has 2 fully saturated rings. The number of piperidine rings is 1. The first kappa shape index (κ1) is 26.0. The van der Waals surface area contributed by atoms with Crippen molar-refractivity contribution in [2.75, 3.05) is 26.9 Å². The molecule has 0 radical (unpaired) electrons. The molecule has 37 heavy (non-hydrogen) atoms. The number of aliphatic carboxylic acids is 1. The van der Waals surface area contributed by atoms with Crippen LogP contribution in [0.3, 0.4) is 0 Å². The number of carbonyl (C=O) groups excluding carboxylic acids is 1. The fraction of sp³-hybridized carbons (Fsp3) is 0.440. The SMILES string of the molecule is COC(=O)C1=C(CN2[C@@H]3COC[C@H]2CC(CC(=O)O)C3)NC(c2nccs2)=N[C@H]1c1ccc(F)cc1Br. The summed E-state index contributed by atoms with van der Waals surface area (Å²) < 4.78 is 25.4. The van der Waals surface area contributed by atoms with Gasteiger partial charge in [-0.05, 0) is 36.5 Å². The number of nitrogens with one attached hydrogen (secondary N) is 1. The maximum Gasteiger partial charge on any atom is 0.338 e. The quantitative estimate of drug-likeness (QED) is 0.470. The fourth-order valence-corrected chi connectivity index (χ4v) is 6.58. The number of ether oxygens (including phenoxy) is 2. The van der Waals surface area contributed by atoms with Crippen molar-refractivity contribution < 1.29 is 28.6 Å². The van der Waals surface area contributed by atoms with Gasteiger partial charge in [0.05, 0.1) is 25.9 Å². The molecule has 0 aliphatic carbocycles. The highest BCUT2D eigenvalue weighted by atomic mass is 79.9. The summed E-state index contributed by atoms with van der Waals surface area (Å²) in [6, 6.07) is 3.58. The van der Waals surface area contributed by atoms with Gasteiger partial charge in [0, 0.05) is 46.8 Å². The van der Waals surface area contributed by atoms with E-state index in [1.54, 1.807) is 12.3 Å². The van der Waals surface area contributed by atoms with Crippen LogP contribution in [0.5, 0.6) is 0 Å². The van der Waals surface area contributed by atoms with Crippen LogP contribution in [-0.4, -0.2) is 71.7 Å². The normalized spacial score (nSPS) is 25.9. The fourth-order valence-electron chi connectivity index (χ4n) is 5.42. The van der Waals surface area contributed by atoms with Gasteiger partial charge in [-0.15, -0.1) is 11.3 Å². The molecule has 2 saturated heterocycles.